The van der Waals surface area contributed by atoms with Crippen LogP contribution in [0.25, 0.3) is 0 Å². The number of hydrogen-bond donors (Lipinski definition) is 2. The summed E-state index contributed by atoms with van der Waals surface area (Å²) in [5.41, 5.74) is 0.447. The molecule has 0 aliphatic rings. The Morgan fingerprint density at radius 2 is 1.81 bits per heavy atom. The number of amides is 1. The number of thiophene rings is 1. The molecule has 2 rings (SSSR count). The quantitative estimate of drug-likeness (QED) is 0.514. The number of ketones is 1. The summed E-state index contributed by atoms with van der Waals surface area (Å²) < 4.78 is 31.1. The lowest BCUT2D eigenvalue weighted by Crippen LogP contribution is -2.31. The van der Waals surface area contributed by atoms with Crippen molar-refractivity contribution in [2.75, 3.05) is 18.5 Å². The van der Waals surface area contributed by atoms with E-state index >= 15 is 0 Å². The summed E-state index contributed by atoms with van der Waals surface area (Å²) in [6.45, 7) is 0.279. The molecule has 0 radical (unpaired) electrons. The van der Waals surface area contributed by atoms with Crippen molar-refractivity contribution in [1.82, 2.24) is 4.72 Å². The molecule has 0 saturated carbocycles. The van der Waals surface area contributed by atoms with Crippen molar-refractivity contribution in [3.63, 3.8) is 0 Å². The minimum Gasteiger partial charge on any atom is -0.456 e. The smallest absolute Gasteiger partial charge is 0.321 e. The number of anilines is 1. The normalized spacial score (nSPS) is 11.0. The van der Waals surface area contributed by atoms with E-state index in [2.05, 4.69) is 10.0 Å². The molecule has 0 fully saturated rings. The van der Waals surface area contributed by atoms with Gasteiger partial charge in [0.15, 0.2) is 6.61 Å². The number of hydrogen-bond acceptors (Lipinski definition) is 7. The van der Waals surface area contributed by atoms with Crippen molar-refractivity contribution in [3.05, 3.63) is 46.7 Å². The van der Waals surface area contributed by atoms with Crippen LogP contribution in [0.5, 0.6) is 0 Å². The van der Waals surface area contributed by atoms with Gasteiger partial charge in [0.05, 0.1) is 9.77 Å². The van der Waals surface area contributed by atoms with Gasteiger partial charge in [0.1, 0.15) is 6.54 Å². The SMILES string of the molecule is CC(=O)Nc1ccc(S(=O)(=O)NCC(=O)OCC(=O)c2cccs2)cc1. The van der Waals surface area contributed by atoms with Crippen molar-refractivity contribution in [2.45, 2.75) is 11.8 Å². The molecule has 1 amide bonds. The zero-order chi connectivity index (χ0) is 19.2. The van der Waals surface area contributed by atoms with E-state index in [1.54, 1.807) is 17.5 Å². The molecule has 0 unspecified atom stereocenters. The van der Waals surface area contributed by atoms with Crippen LogP contribution in [-0.4, -0.2) is 39.2 Å². The summed E-state index contributed by atoms with van der Waals surface area (Å²) in [4.78, 5) is 34.7. The minimum absolute atomic E-state index is 0.0749. The van der Waals surface area contributed by atoms with Gasteiger partial charge in [-0.3, -0.25) is 14.4 Å². The molecule has 10 heteroatoms. The first kappa shape index (κ1) is 19.8. The van der Waals surface area contributed by atoms with Crippen molar-refractivity contribution < 1.29 is 27.5 Å². The fourth-order valence-electron chi connectivity index (χ4n) is 1.86. The maximum atomic E-state index is 12.1. The lowest BCUT2D eigenvalue weighted by atomic mass is 10.3. The monoisotopic (exact) mass is 396 g/mol. The van der Waals surface area contributed by atoms with Crippen LogP contribution < -0.4 is 10.0 Å². The van der Waals surface area contributed by atoms with E-state index in [0.29, 0.717) is 10.6 Å². The van der Waals surface area contributed by atoms with Crippen molar-refractivity contribution >= 4 is 44.7 Å². The van der Waals surface area contributed by atoms with E-state index < -0.39 is 29.1 Å². The lowest BCUT2D eigenvalue weighted by molar-refractivity contribution is -0.141. The van der Waals surface area contributed by atoms with Gasteiger partial charge in [-0.1, -0.05) is 6.07 Å². The molecule has 1 aromatic heterocycles. The van der Waals surface area contributed by atoms with Crippen LogP contribution in [-0.2, 0) is 24.3 Å². The molecule has 0 bridgehead atoms. The van der Waals surface area contributed by atoms with Crippen LogP contribution in [0, 0.1) is 0 Å². The van der Waals surface area contributed by atoms with Gasteiger partial charge >= 0.3 is 5.97 Å². The highest BCUT2D eigenvalue weighted by molar-refractivity contribution is 7.89. The molecular weight excluding hydrogens is 380 g/mol. The maximum Gasteiger partial charge on any atom is 0.321 e. The second-order valence-corrected chi connectivity index (χ2v) is 7.81. The number of Topliss-reactive ketones (excluding diaryl/α,β-unsaturated/α-hetero) is 1. The molecule has 138 valence electrons. The Kier molecular flexibility index (Phi) is 6.61. The van der Waals surface area contributed by atoms with E-state index in [4.69, 9.17) is 4.74 Å². The lowest BCUT2D eigenvalue weighted by Gasteiger charge is -2.08. The van der Waals surface area contributed by atoms with Crippen LogP contribution in [0.4, 0.5) is 5.69 Å². The highest BCUT2D eigenvalue weighted by atomic mass is 32.2. The number of carbonyl (C=O) groups excluding carboxylic acids is 3. The Morgan fingerprint density at radius 3 is 2.38 bits per heavy atom. The third kappa shape index (κ3) is 5.76. The minimum atomic E-state index is -3.93. The summed E-state index contributed by atoms with van der Waals surface area (Å²) in [5, 5.41) is 4.24. The van der Waals surface area contributed by atoms with Gasteiger partial charge in [-0.2, -0.15) is 4.72 Å². The molecule has 0 aliphatic carbocycles. The van der Waals surface area contributed by atoms with Gasteiger partial charge in [-0.05, 0) is 35.7 Å². The Morgan fingerprint density at radius 1 is 1.12 bits per heavy atom. The maximum absolute atomic E-state index is 12.1. The zero-order valence-electron chi connectivity index (χ0n) is 13.7. The molecule has 2 aromatic rings. The fourth-order valence-corrected chi connectivity index (χ4v) is 3.48. The molecule has 26 heavy (non-hydrogen) atoms. The summed E-state index contributed by atoms with van der Waals surface area (Å²) in [6, 6.07) is 8.74. The van der Waals surface area contributed by atoms with Crippen LogP contribution in [0.3, 0.4) is 0 Å². The molecule has 0 saturated heterocycles. The summed E-state index contributed by atoms with van der Waals surface area (Å²) in [5.74, 6) is -1.50. The second-order valence-electron chi connectivity index (χ2n) is 5.09. The van der Waals surface area contributed by atoms with Crippen molar-refractivity contribution in [3.8, 4) is 0 Å². The van der Waals surface area contributed by atoms with Crippen molar-refractivity contribution in [1.29, 1.82) is 0 Å². The number of carbonyl (C=O) groups is 3. The first-order chi connectivity index (χ1) is 12.3. The van der Waals surface area contributed by atoms with Crippen LogP contribution in [0.15, 0.2) is 46.7 Å². The molecule has 0 spiro atoms. The Balaban J connectivity index is 1.85. The van der Waals surface area contributed by atoms with E-state index in [-0.39, 0.29) is 16.6 Å². The highest BCUT2D eigenvalue weighted by Gasteiger charge is 2.17. The summed E-state index contributed by atoms with van der Waals surface area (Å²) in [7, 11) is -3.93. The third-order valence-electron chi connectivity index (χ3n) is 3.05. The van der Waals surface area contributed by atoms with Gasteiger partial charge in [-0.15, -0.1) is 11.3 Å². The Bertz CT molecular complexity index is 889. The molecule has 0 atom stereocenters. The first-order valence-electron chi connectivity index (χ1n) is 7.37. The number of rotatable bonds is 8. The van der Waals surface area contributed by atoms with E-state index in [0.717, 1.165) is 0 Å². The van der Waals surface area contributed by atoms with E-state index in [1.807, 2.05) is 0 Å². The number of esters is 1. The third-order valence-corrected chi connectivity index (χ3v) is 5.38. The Labute approximate surface area is 154 Å². The molecule has 8 nitrogen and oxygen atoms in total. The largest absolute Gasteiger partial charge is 0.456 e. The zero-order valence-corrected chi connectivity index (χ0v) is 15.4. The number of sulfonamides is 1. The van der Waals surface area contributed by atoms with Gasteiger partial charge in [-0.25, -0.2) is 8.42 Å². The van der Waals surface area contributed by atoms with Gasteiger partial charge in [0.2, 0.25) is 21.7 Å². The number of benzene rings is 1. The van der Waals surface area contributed by atoms with Gasteiger partial charge < -0.3 is 10.1 Å². The topological polar surface area (TPSA) is 119 Å². The van der Waals surface area contributed by atoms with Gasteiger partial charge in [0, 0.05) is 12.6 Å². The summed E-state index contributed by atoms with van der Waals surface area (Å²) in [6.07, 6.45) is 0. The number of ether oxygens (including phenoxy) is 1. The predicted octanol–water partition coefficient (Wildman–Crippen LogP) is 1.41. The van der Waals surface area contributed by atoms with Gasteiger partial charge in [0.25, 0.3) is 0 Å². The summed E-state index contributed by atoms with van der Waals surface area (Å²) >= 11 is 1.22. The molecular formula is C16H16N2O6S2. The standard InChI is InChI=1S/C16H16N2O6S2/c1-11(19)18-12-4-6-13(7-5-12)26(22,23)17-9-16(21)24-10-14(20)15-3-2-8-25-15/h2-8,17H,9-10H2,1H3,(H,18,19). The average molecular weight is 396 g/mol. The molecule has 2 N–H and O–H groups in total. The van der Waals surface area contributed by atoms with Crippen molar-refractivity contribution in [2.24, 2.45) is 0 Å². The fraction of sp³-hybridized carbons (Fsp3) is 0.188. The van der Waals surface area contributed by atoms with E-state index in [9.17, 15) is 22.8 Å². The van der Waals surface area contributed by atoms with Crippen LogP contribution >= 0.6 is 11.3 Å². The predicted molar refractivity (Wildman–Crippen MR) is 95.5 cm³/mol. The molecule has 1 aromatic carbocycles. The average Bonchev–Trinajstić information content (AvgIpc) is 3.12. The first-order valence-corrected chi connectivity index (χ1v) is 9.74. The Hall–Kier alpha value is -2.56. The second kappa shape index (κ2) is 8.70. The number of nitrogens with one attached hydrogen (secondary N) is 2. The van der Waals surface area contributed by atoms with Crippen LogP contribution in [0.1, 0.15) is 16.6 Å². The highest BCUT2D eigenvalue weighted by Crippen LogP contribution is 2.14. The molecule has 1 heterocycles. The van der Waals surface area contributed by atoms with E-state index in [1.165, 1.54) is 42.5 Å². The van der Waals surface area contributed by atoms with Crippen LogP contribution in [0.2, 0.25) is 0 Å². The molecule has 0 aliphatic heterocycles.